The summed E-state index contributed by atoms with van der Waals surface area (Å²) in [5.41, 5.74) is 11.6. The number of rotatable bonds is 8. The third kappa shape index (κ3) is 6.46. The van der Waals surface area contributed by atoms with Crippen molar-refractivity contribution < 1.29 is 6.85 Å². The van der Waals surface area contributed by atoms with E-state index < -0.39 is 6.04 Å². The van der Waals surface area contributed by atoms with Crippen LogP contribution < -0.4 is 4.90 Å². The first-order valence-electron chi connectivity index (χ1n) is 21.7. The zero-order valence-corrected chi connectivity index (χ0v) is 31.1. The quantitative estimate of drug-likeness (QED) is 0.141. The first-order valence-corrected chi connectivity index (χ1v) is 19.2. The van der Waals surface area contributed by atoms with E-state index >= 15 is 0 Å². The fraction of sp³-hybridized carbons (Fsp3) is 0. The van der Waals surface area contributed by atoms with Gasteiger partial charge in [-0.2, -0.15) is 0 Å². The van der Waals surface area contributed by atoms with E-state index in [0.29, 0.717) is 11.3 Å². The van der Waals surface area contributed by atoms with E-state index in [1.165, 1.54) is 21.5 Å². The van der Waals surface area contributed by atoms with Crippen LogP contribution in [0, 0.1) is 0 Å². The van der Waals surface area contributed by atoms with Crippen molar-refractivity contribution in [2.45, 2.75) is 0 Å². The van der Waals surface area contributed by atoms with Crippen LogP contribution in [0.4, 0.5) is 17.1 Å². The molecule has 0 heterocycles. The molecule has 0 aliphatic heterocycles. The van der Waals surface area contributed by atoms with Crippen LogP contribution in [-0.2, 0) is 0 Å². The van der Waals surface area contributed by atoms with Crippen LogP contribution in [0.5, 0.6) is 0 Å². The Morgan fingerprint density at radius 3 is 1.54 bits per heavy atom. The van der Waals surface area contributed by atoms with Crippen molar-refractivity contribution in [1.82, 2.24) is 0 Å². The average molecular weight is 731 g/mol. The maximum Gasteiger partial charge on any atom is 0.0629 e. The normalized spacial score (nSPS) is 12.4. The smallest absolute Gasteiger partial charge is 0.0629 e. The molecular formula is C56H39N. The Balaban J connectivity index is 1.17. The Morgan fingerprint density at radius 2 is 0.807 bits per heavy atom. The van der Waals surface area contributed by atoms with Gasteiger partial charge in [-0.1, -0.05) is 206 Å². The van der Waals surface area contributed by atoms with E-state index in [1.54, 1.807) is 0 Å². The maximum absolute atomic E-state index is 9.05. The summed E-state index contributed by atoms with van der Waals surface area (Å²) in [4.78, 5) is 2.15. The van der Waals surface area contributed by atoms with Crippen LogP contribution in [0.2, 0.25) is 0 Å². The van der Waals surface area contributed by atoms with Crippen LogP contribution in [0.3, 0.4) is 0 Å². The summed E-state index contributed by atoms with van der Waals surface area (Å²) in [5, 5.41) is 4.82. The second kappa shape index (κ2) is 15.0. The molecule has 0 spiro atoms. The second-order valence-corrected chi connectivity index (χ2v) is 14.1. The van der Waals surface area contributed by atoms with Gasteiger partial charge in [-0.3, -0.25) is 0 Å². The molecule has 0 saturated heterocycles. The first-order chi connectivity index (χ1) is 30.4. The highest BCUT2D eigenvalue weighted by Crippen LogP contribution is 2.47. The van der Waals surface area contributed by atoms with Crippen molar-refractivity contribution in [1.29, 1.82) is 0 Å². The third-order valence-corrected chi connectivity index (χ3v) is 10.8. The predicted molar refractivity (Wildman–Crippen MR) is 243 cm³/mol. The zero-order valence-electron chi connectivity index (χ0n) is 36.1. The van der Waals surface area contributed by atoms with Gasteiger partial charge in [0.25, 0.3) is 0 Å². The Kier molecular flexibility index (Phi) is 7.59. The van der Waals surface area contributed by atoms with Crippen molar-refractivity contribution >= 4 is 38.6 Å². The topological polar surface area (TPSA) is 3.24 Å². The molecule has 10 aromatic rings. The van der Waals surface area contributed by atoms with Gasteiger partial charge in [-0.15, -0.1) is 0 Å². The van der Waals surface area contributed by atoms with Gasteiger partial charge >= 0.3 is 0 Å². The maximum atomic E-state index is 9.05. The van der Waals surface area contributed by atoms with Crippen LogP contribution >= 0.6 is 0 Å². The summed E-state index contributed by atoms with van der Waals surface area (Å²) < 4.78 is 43.6. The lowest BCUT2D eigenvalue weighted by atomic mass is 9.88. The fourth-order valence-electron chi connectivity index (χ4n) is 8.10. The molecule has 0 radical (unpaired) electrons. The van der Waals surface area contributed by atoms with E-state index in [-0.39, 0.29) is 29.7 Å². The zero-order chi connectivity index (χ0) is 42.3. The van der Waals surface area contributed by atoms with E-state index in [2.05, 4.69) is 169 Å². The molecule has 0 aliphatic carbocycles. The minimum absolute atomic E-state index is 0.145. The third-order valence-electron chi connectivity index (χ3n) is 10.8. The monoisotopic (exact) mass is 730 g/mol. The van der Waals surface area contributed by atoms with Gasteiger partial charge < -0.3 is 4.90 Å². The number of hydrogen-bond acceptors (Lipinski definition) is 1. The fourth-order valence-corrected chi connectivity index (χ4v) is 8.10. The van der Waals surface area contributed by atoms with E-state index in [9.17, 15) is 0 Å². The van der Waals surface area contributed by atoms with Crippen LogP contribution in [0.1, 0.15) is 6.85 Å². The Hall–Kier alpha value is -7.48. The van der Waals surface area contributed by atoms with Crippen LogP contribution in [-0.4, -0.2) is 0 Å². The van der Waals surface area contributed by atoms with Gasteiger partial charge in [-0.05, 0) is 96.4 Å². The second-order valence-electron chi connectivity index (χ2n) is 14.1. The standard InChI is InChI=1S/C56H39N/c1-3-17-41(18-4-1)48-23-9-10-25-51(48)52-26-11-12-27-53(52)54-28-14-16-30-56(54)57(55-29-15-13-24-50(55)42-19-5-2-6-20-42)46-36-33-40(34-37-46)44-35-38-49-45(39-44)32-31-43-21-7-8-22-47(43)49/h1-39H/i2D,5D,6D,19D,20D. The molecule has 0 aromatic heterocycles. The molecule has 0 bridgehead atoms. The molecule has 1 nitrogen and oxygen atoms in total. The lowest BCUT2D eigenvalue weighted by molar-refractivity contribution is 1.28. The molecule has 0 amide bonds. The lowest BCUT2D eigenvalue weighted by Crippen LogP contribution is -2.12. The van der Waals surface area contributed by atoms with Crippen molar-refractivity contribution in [2.24, 2.45) is 0 Å². The largest absolute Gasteiger partial charge is 0.309 e. The van der Waals surface area contributed by atoms with Gasteiger partial charge in [0.1, 0.15) is 0 Å². The van der Waals surface area contributed by atoms with E-state index in [1.807, 2.05) is 42.5 Å². The summed E-state index contributed by atoms with van der Waals surface area (Å²) in [6, 6.07) is 69.5. The summed E-state index contributed by atoms with van der Waals surface area (Å²) >= 11 is 0. The molecule has 0 atom stereocenters. The van der Waals surface area contributed by atoms with Crippen molar-refractivity contribution in [3.63, 3.8) is 0 Å². The highest BCUT2D eigenvalue weighted by Gasteiger charge is 2.22. The molecule has 57 heavy (non-hydrogen) atoms. The summed E-state index contributed by atoms with van der Waals surface area (Å²) in [6.45, 7) is 0. The van der Waals surface area contributed by atoms with Crippen molar-refractivity contribution in [3.05, 3.63) is 236 Å². The summed E-state index contributed by atoms with van der Waals surface area (Å²) in [6.07, 6.45) is 0. The Labute approximate surface area is 341 Å². The van der Waals surface area contributed by atoms with Gasteiger partial charge in [0.2, 0.25) is 0 Å². The molecule has 0 N–H and O–H groups in total. The minimum atomic E-state index is -0.423. The van der Waals surface area contributed by atoms with Gasteiger partial charge in [0, 0.05) is 16.8 Å². The van der Waals surface area contributed by atoms with E-state index in [0.717, 1.165) is 55.9 Å². The molecule has 268 valence electrons. The van der Waals surface area contributed by atoms with Gasteiger partial charge in [-0.25, -0.2) is 0 Å². The van der Waals surface area contributed by atoms with Crippen LogP contribution in [0.15, 0.2) is 236 Å². The lowest BCUT2D eigenvalue weighted by Gasteiger charge is -2.30. The Morgan fingerprint density at radius 1 is 0.298 bits per heavy atom. The number of benzene rings is 10. The first kappa shape index (κ1) is 28.9. The van der Waals surface area contributed by atoms with Gasteiger partial charge in [0.15, 0.2) is 0 Å². The van der Waals surface area contributed by atoms with Gasteiger partial charge in [0.05, 0.1) is 18.2 Å². The summed E-state index contributed by atoms with van der Waals surface area (Å²) in [7, 11) is 0. The highest BCUT2D eigenvalue weighted by atomic mass is 15.1. The molecule has 10 aromatic carbocycles. The number of anilines is 3. The number of hydrogen-bond donors (Lipinski definition) is 0. The molecule has 0 aliphatic rings. The molecule has 0 saturated carbocycles. The number of nitrogens with zero attached hydrogens (tertiary/aromatic N) is 1. The SMILES string of the molecule is [2H]c1c([2H])c([2H])c(-c2ccccc2N(c2ccc(-c3ccc4c(ccc5ccccc54)c3)cc2)c2ccccc2-c2ccccc2-c2ccccc2-c2ccccc2)c([2H])c1[2H]. The molecule has 0 fully saturated rings. The molecule has 0 unspecified atom stereocenters. The molecular weight excluding hydrogens is 687 g/mol. The van der Waals surface area contributed by atoms with E-state index in [4.69, 9.17) is 6.85 Å². The average Bonchev–Trinajstić information content (AvgIpc) is 3.34. The number of fused-ring (bicyclic) bond motifs is 3. The van der Waals surface area contributed by atoms with Crippen molar-refractivity contribution in [3.8, 4) is 55.6 Å². The Bertz CT molecular complexity index is 3280. The highest BCUT2D eigenvalue weighted by molar-refractivity contribution is 6.08. The van der Waals surface area contributed by atoms with Crippen LogP contribution in [0.25, 0.3) is 77.2 Å². The molecule has 10 rings (SSSR count). The predicted octanol–water partition coefficient (Wildman–Crippen LogP) is 15.8. The molecule has 1 heteroatoms. The summed E-state index contributed by atoms with van der Waals surface area (Å²) in [5.74, 6) is 0. The minimum Gasteiger partial charge on any atom is -0.309 e. The van der Waals surface area contributed by atoms with Crippen molar-refractivity contribution in [2.75, 3.05) is 4.90 Å². The number of para-hydroxylation sites is 2.